The Labute approximate surface area is 190 Å². The molecule has 0 radical (unpaired) electrons. The minimum Gasteiger partial charge on any atom is -0.484 e. The van der Waals surface area contributed by atoms with Gasteiger partial charge in [-0.1, -0.05) is 51.0 Å². The molecule has 0 unspecified atom stereocenters. The predicted molar refractivity (Wildman–Crippen MR) is 123 cm³/mol. The van der Waals surface area contributed by atoms with E-state index in [4.69, 9.17) is 4.74 Å². The number of aryl methyl sites for hydroxylation is 1. The van der Waals surface area contributed by atoms with Crippen LogP contribution in [-0.2, 0) is 22.6 Å². The van der Waals surface area contributed by atoms with Gasteiger partial charge in [-0.25, -0.2) is 4.39 Å². The van der Waals surface area contributed by atoms with E-state index in [1.165, 1.54) is 17.7 Å². The molecule has 0 bridgehead atoms. The third-order valence-electron chi connectivity index (χ3n) is 6.05. The fourth-order valence-electron chi connectivity index (χ4n) is 4.12. The summed E-state index contributed by atoms with van der Waals surface area (Å²) in [4.78, 5) is 27.8. The Bertz CT molecular complexity index is 877. The van der Waals surface area contributed by atoms with Crippen LogP contribution in [0.2, 0.25) is 0 Å². The van der Waals surface area contributed by atoms with Gasteiger partial charge in [-0.3, -0.25) is 9.59 Å². The van der Waals surface area contributed by atoms with Crippen LogP contribution in [0.25, 0.3) is 0 Å². The second-order valence-corrected chi connectivity index (χ2v) is 8.35. The van der Waals surface area contributed by atoms with Crippen molar-refractivity contribution in [2.24, 2.45) is 0 Å². The van der Waals surface area contributed by atoms with Crippen LogP contribution in [0, 0.1) is 5.82 Å². The summed E-state index contributed by atoms with van der Waals surface area (Å²) >= 11 is 0. The highest BCUT2D eigenvalue weighted by Gasteiger charge is 2.30. The Kier molecular flexibility index (Phi) is 8.65. The molecule has 1 saturated carbocycles. The monoisotopic (exact) mass is 440 g/mol. The highest BCUT2D eigenvalue weighted by Crippen LogP contribution is 2.20. The van der Waals surface area contributed by atoms with Gasteiger partial charge >= 0.3 is 0 Å². The molecule has 6 heteroatoms. The zero-order valence-corrected chi connectivity index (χ0v) is 19.0. The molecule has 0 saturated heterocycles. The molecule has 1 atom stereocenters. The van der Waals surface area contributed by atoms with E-state index in [-0.39, 0.29) is 36.8 Å². The predicted octanol–water partition coefficient (Wildman–Crippen LogP) is 4.63. The average Bonchev–Trinajstić information content (AvgIpc) is 3.32. The maximum absolute atomic E-state index is 13.4. The lowest BCUT2D eigenvalue weighted by Gasteiger charge is -2.31. The van der Waals surface area contributed by atoms with E-state index in [9.17, 15) is 14.0 Å². The van der Waals surface area contributed by atoms with Gasteiger partial charge in [0.15, 0.2) is 6.61 Å². The van der Waals surface area contributed by atoms with Crippen molar-refractivity contribution in [1.82, 2.24) is 10.2 Å². The van der Waals surface area contributed by atoms with Crippen molar-refractivity contribution in [2.45, 2.75) is 71.0 Å². The fraction of sp³-hybridized carbons (Fsp3) is 0.462. The van der Waals surface area contributed by atoms with E-state index in [0.717, 1.165) is 37.7 Å². The molecule has 1 aliphatic rings. The first-order chi connectivity index (χ1) is 15.5. The summed E-state index contributed by atoms with van der Waals surface area (Å²) in [6.07, 6.45) is 5.60. The normalized spacial score (nSPS) is 14.7. The third-order valence-corrected chi connectivity index (χ3v) is 6.05. The first-order valence-electron chi connectivity index (χ1n) is 11.6. The highest BCUT2D eigenvalue weighted by molar-refractivity contribution is 5.88. The molecule has 0 aromatic heterocycles. The number of benzene rings is 2. The molecule has 2 aromatic rings. The van der Waals surface area contributed by atoms with E-state index in [1.54, 1.807) is 17.0 Å². The zero-order chi connectivity index (χ0) is 22.9. The molecule has 1 fully saturated rings. The average molecular weight is 441 g/mol. The highest BCUT2D eigenvalue weighted by atomic mass is 19.1. The van der Waals surface area contributed by atoms with Crippen molar-refractivity contribution in [1.29, 1.82) is 0 Å². The van der Waals surface area contributed by atoms with Gasteiger partial charge in [0.05, 0.1) is 0 Å². The lowest BCUT2D eigenvalue weighted by molar-refractivity contribution is -0.143. The van der Waals surface area contributed by atoms with Crippen LogP contribution in [-0.4, -0.2) is 35.4 Å². The SMILES string of the molecule is CCc1ccc(OCC(=O)N(Cc2ccc(F)cc2)[C@@H](CC)C(=O)NC2CCCC2)cc1. The second kappa shape index (κ2) is 11.7. The van der Waals surface area contributed by atoms with Crippen LogP contribution in [0.4, 0.5) is 4.39 Å². The van der Waals surface area contributed by atoms with Crippen molar-refractivity contribution in [3.8, 4) is 5.75 Å². The quantitative estimate of drug-likeness (QED) is 0.586. The Balaban J connectivity index is 1.73. The number of amides is 2. The molecule has 2 amide bonds. The maximum atomic E-state index is 13.4. The topological polar surface area (TPSA) is 58.6 Å². The molecular formula is C26H33FN2O3. The van der Waals surface area contributed by atoms with Gasteiger partial charge in [0, 0.05) is 12.6 Å². The molecule has 2 aromatic carbocycles. The Morgan fingerprint density at radius 3 is 2.25 bits per heavy atom. The van der Waals surface area contributed by atoms with Crippen molar-refractivity contribution in [3.05, 3.63) is 65.5 Å². The summed E-state index contributed by atoms with van der Waals surface area (Å²) in [6, 6.07) is 13.2. The van der Waals surface area contributed by atoms with E-state index in [2.05, 4.69) is 12.2 Å². The number of hydrogen-bond donors (Lipinski definition) is 1. The Hall–Kier alpha value is -2.89. The van der Waals surface area contributed by atoms with Crippen molar-refractivity contribution < 1.29 is 18.7 Å². The smallest absolute Gasteiger partial charge is 0.261 e. The van der Waals surface area contributed by atoms with Gasteiger partial charge in [0.1, 0.15) is 17.6 Å². The summed E-state index contributed by atoms with van der Waals surface area (Å²) in [7, 11) is 0. The Morgan fingerprint density at radius 2 is 1.66 bits per heavy atom. The van der Waals surface area contributed by atoms with Crippen molar-refractivity contribution >= 4 is 11.8 Å². The number of carbonyl (C=O) groups excluding carboxylic acids is 2. The van der Waals surface area contributed by atoms with Gasteiger partial charge in [0.25, 0.3) is 5.91 Å². The summed E-state index contributed by atoms with van der Waals surface area (Å²) in [5, 5.41) is 3.11. The number of rotatable bonds is 10. The van der Waals surface area contributed by atoms with Crippen LogP contribution in [0.1, 0.15) is 57.1 Å². The van der Waals surface area contributed by atoms with Crippen LogP contribution in [0.15, 0.2) is 48.5 Å². The van der Waals surface area contributed by atoms with Crippen molar-refractivity contribution in [3.63, 3.8) is 0 Å². The number of carbonyl (C=O) groups is 2. The molecule has 0 heterocycles. The number of halogens is 1. The van der Waals surface area contributed by atoms with E-state index in [1.807, 2.05) is 31.2 Å². The van der Waals surface area contributed by atoms with Gasteiger partial charge < -0.3 is 15.0 Å². The molecule has 1 aliphatic carbocycles. The standard InChI is InChI=1S/C26H33FN2O3/c1-3-19-11-15-23(16-12-19)32-18-25(30)29(17-20-9-13-21(27)14-10-20)24(4-2)26(31)28-22-7-5-6-8-22/h9-16,22,24H,3-8,17-18H2,1-2H3,(H,28,31)/t24-/m0/s1. The molecule has 32 heavy (non-hydrogen) atoms. The van der Waals surface area contributed by atoms with Gasteiger partial charge in [-0.2, -0.15) is 0 Å². The van der Waals surface area contributed by atoms with Crippen LogP contribution >= 0.6 is 0 Å². The number of hydrogen-bond acceptors (Lipinski definition) is 3. The number of nitrogens with zero attached hydrogens (tertiary/aromatic N) is 1. The van der Waals surface area contributed by atoms with Gasteiger partial charge in [-0.05, 0) is 61.1 Å². The molecule has 0 spiro atoms. The second-order valence-electron chi connectivity index (χ2n) is 8.35. The van der Waals surface area contributed by atoms with Crippen molar-refractivity contribution in [2.75, 3.05) is 6.61 Å². The number of ether oxygens (including phenoxy) is 1. The summed E-state index contributed by atoms with van der Waals surface area (Å²) in [6.45, 7) is 4.02. The first-order valence-corrected chi connectivity index (χ1v) is 11.6. The molecule has 3 rings (SSSR count). The molecule has 5 nitrogen and oxygen atoms in total. The largest absolute Gasteiger partial charge is 0.484 e. The van der Waals surface area contributed by atoms with E-state index < -0.39 is 6.04 Å². The number of nitrogens with one attached hydrogen (secondary N) is 1. The van der Waals surface area contributed by atoms with E-state index in [0.29, 0.717) is 12.2 Å². The minimum atomic E-state index is -0.612. The third kappa shape index (κ3) is 6.55. The van der Waals surface area contributed by atoms with Crippen LogP contribution in [0.3, 0.4) is 0 Å². The maximum Gasteiger partial charge on any atom is 0.261 e. The summed E-state index contributed by atoms with van der Waals surface area (Å²) < 4.78 is 19.1. The summed E-state index contributed by atoms with van der Waals surface area (Å²) in [5.41, 5.74) is 1.95. The molecule has 172 valence electrons. The zero-order valence-electron chi connectivity index (χ0n) is 19.0. The molecule has 1 N–H and O–H groups in total. The summed E-state index contributed by atoms with van der Waals surface area (Å²) in [5.74, 6) is -0.137. The van der Waals surface area contributed by atoms with E-state index >= 15 is 0 Å². The fourth-order valence-corrected chi connectivity index (χ4v) is 4.12. The van der Waals surface area contributed by atoms with Gasteiger partial charge in [0.2, 0.25) is 5.91 Å². The van der Waals surface area contributed by atoms with Crippen LogP contribution in [0.5, 0.6) is 5.75 Å². The minimum absolute atomic E-state index is 0.137. The molecule has 0 aliphatic heterocycles. The Morgan fingerprint density at radius 1 is 1.03 bits per heavy atom. The lowest BCUT2D eigenvalue weighted by Crippen LogP contribution is -2.52. The lowest BCUT2D eigenvalue weighted by atomic mass is 10.1. The molecular weight excluding hydrogens is 407 g/mol. The van der Waals surface area contributed by atoms with Gasteiger partial charge in [-0.15, -0.1) is 0 Å². The first kappa shape index (κ1) is 23.8. The van der Waals surface area contributed by atoms with Crippen LogP contribution < -0.4 is 10.1 Å².